The zero-order valence-corrected chi connectivity index (χ0v) is 30.0. The molecule has 6 heteroatoms. The maximum atomic E-state index is 15.4. The van der Waals surface area contributed by atoms with Crippen LogP contribution in [0.2, 0.25) is 0 Å². The second kappa shape index (κ2) is 13.3. The Morgan fingerprint density at radius 2 is 0.963 bits per heavy atom. The minimum atomic E-state index is -0.648. The van der Waals surface area contributed by atoms with Crippen LogP contribution in [0.1, 0.15) is 16.7 Å². The maximum Gasteiger partial charge on any atom is 0.166 e. The van der Waals surface area contributed by atoms with Crippen molar-refractivity contribution >= 4 is 21.8 Å². The molecule has 0 bridgehead atoms. The van der Waals surface area contributed by atoms with Crippen molar-refractivity contribution in [2.75, 3.05) is 0 Å². The van der Waals surface area contributed by atoms with Gasteiger partial charge in [0.15, 0.2) is 17.5 Å². The Morgan fingerprint density at radius 1 is 0.426 bits per heavy atom. The first kappa shape index (κ1) is 33.1. The van der Waals surface area contributed by atoms with Gasteiger partial charge in [-0.25, -0.2) is 23.7 Å². The van der Waals surface area contributed by atoms with Gasteiger partial charge >= 0.3 is 0 Å². The molecule has 0 atom stereocenters. The minimum Gasteiger partial charge on any atom is -0.308 e. The third kappa shape index (κ3) is 5.73. The third-order valence-electron chi connectivity index (χ3n) is 10.1. The van der Waals surface area contributed by atoms with E-state index in [1.807, 2.05) is 78.9 Å². The highest BCUT2D eigenvalue weighted by atomic mass is 19.1. The van der Waals surface area contributed by atoms with Crippen LogP contribution in [0, 0.1) is 32.4 Å². The summed E-state index contributed by atoms with van der Waals surface area (Å²) in [5, 5.41) is 2.16. The molecule has 0 aliphatic heterocycles. The van der Waals surface area contributed by atoms with E-state index < -0.39 is 11.6 Å². The number of fused-ring (bicyclic) bond motifs is 3. The van der Waals surface area contributed by atoms with Crippen molar-refractivity contribution < 1.29 is 8.78 Å². The van der Waals surface area contributed by atoms with Gasteiger partial charge in [0.1, 0.15) is 11.6 Å². The summed E-state index contributed by atoms with van der Waals surface area (Å²) in [6.07, 6.45) is 0. The Labute approximate surface area is 312 Å². The van der Waals surface area contributed by atoms with Crippen LogP contribution in [0.3, 0.4) is 0 Å². The zero-order chi connectivity index (χ0) is 36.9. The number of para-hydroxylation sites is 1. The van der Waals surface area contributed by atoms with Gasteiger partial charge in [-0.3, -0.25) is 0 Å². The number of benzene rings is 7. The van der Waals surface area contributed by atoms with E-state index in [1.165, 1.54) is 40.5 Å². The lowest BCUT2D eigenvalue weighted by molar-refractivity contribution is 0.589. The molecule has 0 saturated carbocycles. The van der Waals surface area contributed by atoms with Crippen LogP contribution in [0.15, 0.2) is 152 Å². The van der Waals surface area contributed by atoms with E-state index in [0.717, 1.165) is 44.2 Å². The topological polar surface area (TPSA) is 43.6 Å². The van der Waals surface area contributed by atoms with Gasteiger partial charge < -0.3 is 4.57 Å². The largest absolute Gasteiger partial charge is 0.308 e. The molecule has 0 saturated heterocycles. The lowest BCUT2D eigenvalue weighted by Crippen LogP contribution is -2.04. The lowest BCUT2D eigenvalue weighted by atomic mass is 9.93. The van der Waals surface area contributed by atoms with Crippen LogP contribution in [0.25, 0.3) is 83.9 Å². The molecule has 0 amide bonds. The molecule has 0 unspecified atom stereocenters. The van der Waals surface area contributed by atoms with Crippen molar-refractivity contribution in [3.05, 3.63) is 180 Å². The molecule has 0 fully saturated rings. The van der Waals surface area contributed by atoms with Crippen molar-refractivity contribution in [1.82, 2.24) is 19.5 Å². The summed E-state index contributed by atoms with van der Waals surface area (Å²) in [5.41, 5.74) is 11.2. The standard InChI is InChI=1S/C48H34F2N4/c1-29-25-30(2)44(31(3)26-29)35-21-23-37-36-17-10-11-20-41(36)54(43(37)28-35)42-24-22-34(45-39(49)18-12-19-40(45)50)27-38(42)48-52-46(32-13-6-4-7-14-32)51-47(53-48)33-15-8-5-9-16-33/h4-28H,1-3H3. The predicted molar refractivity (Wildman–Crippen MR) is 215 cm³/mol. The second-order valence-corrected chi connectivity index (χ2v) is 13.7. The fourth-order valence-corrected chi connectivity index (χ4v) is 7.79. The number of hydrogen-bond acceptors (Lipinski definition) is 3. The Balaban J connectivity index is 1.38. The lowest BCUT2D eigenvalue weighted by Gasteiger charge is -2.17. The van der Waals surface area contributed by atoms with Crippen LogP contribution in [-0.4, -0.2) is 19.5 Å². The molecular formula is C48H34F2N4. The number of halogens is 2. The van der Waals surface area contributed by atoms with Gasteiger partial charge in [0.25, 0.3) is 0 Å². The fourth-order valence-electron chi connectivity index (χ4n) is 7.79. The van der Waals surface area contributed by atoms with Crippen molar-refractivity contribution in [2.24, 2.45) is 0 Å². The Kier molecular flexibility index (Phi) is 8.16. The van der Waals surface area contributed by atoms with Crippen molar-refractivity contribution in [2.45, 2.75) is 20.8 Å². The minimum absolute atomic E-state index is 0.110. The highest BCUT2D eigenvalue weighted by molar-refractivity contribution is 6.11. The van der Waals surface area contributed by atoms with E-state index in [4.69, 9.17) is 15.0 Å². The van der Waals surface area contributed by atoms with Crippen LogP contribution in [0.5, 0.6) is 0 Å². The molecule has 7 aromatic carbocycles. The van der Waals surface area contributed by atoms with E-state index in [1.54, 1.807) is 12.1 Å². The first-order valence-corrected chi connectivity index (χ1v) is 17.9. The Hall–Kier alpha value is -6.79. The molecule has 4 nitrogen and oxygen atoms in total. The van der Waals surface area contributed by atoms with Crippen LogP contribution in [-0.2, 0) is 0 Å². The number of hydrogen-bond donors (Lipinski definition) is 0. The summed E-state index contributed by atoms with van der Waals surface area (Å²) in [5.74, 6) is 0.0586. The van der Waals surface area contributed by atoms with Crippen LogP contribution in [0.4, 0.5) is 8.78 Å². The summed E-state index contributed by atoms with van der Waals surface area (Å²) >= 11 is 0. The highest BCUT2D eigenvalue weighted by Crippen LogP contribution is 2.41. The number of nitrogens with zero attached hydrogens (tertiary/aromatic N) is 4. The average molecular weight is 705 g/mol. The molecule has 0 aliphatic rings. The molecule has 0 spiro atoms. The zero-order valence-electron chi connectivity index (χ0n) is 30.0. The first-order valence-electron chi connectivity index (χ1n) is 17.9. The van der Waals surface area contributed by atoms with Crippen LogP contribution < -0.4 is 0 Å². The number of aromatic nitrogens is 4. The molecule has 0 aliphatic carbocycles. The van der Waals surface area contributed by atoms with Crippen molar-refractivity contribution in [3.63, 3.8) is 0 Å². The smallest absolute Gasteiger partial charge is 0.166 e. The van der Waals surface area contributed by atoms with E-state index >= 15 is 8.78 Å². The van der Waals surface area contributed by atoms with E-state index in [-0.39, 0.29) is 5.56 Å². The SMILES string of the molecule is Cc1cc(C)c(-c2ccc3c4ccccc4n(-c4ccc(-c5c(F)cccc5F)cc4-c4nc(-c5ccccc5)nc(-c5ccccc5)n4)c3c2)c(C)c1. The van der Waals surface area contributed by atoms with Gasteiger partial charge in [-0.2, -0.15) is 0 Å². The van der Waals surface area contributed by atoms with E-state index in [0.29, 0.717) is 28.6 Å². The van der Waals surface area contributed by atoms with Crippen molar-refractivity contribution in [3.8, 4) is 62.1 Å². The molecule has 9 aromatic rings. The molecule has 2 heterocycles. The highest BCUT2D eigenvalue weighted by Gasteiger charge is 2.22. The number of rotatable bonds is 6. The molecule has 54 heavy (non-hydrogen) atoms. The fraction of sp³-hybridized carbons (Fsp3) is 0.0625. The van der Waals surface area contributed by atoms with Crippen LogP contribution >= 0.6 is 0 Å². The van der Waals surface area contributed by atoms with Gasteiger partial charge in [-0.1, -0.05) is 121 Å². The van der Waals surface area contributed by atoms with Gasteiger partial charge in [0.05, 0.1) is 22.3 Å². The monoisotopic (exact) mass is 704 g/mol. The summed E-state index contributed by atoms with van der Waals surface area (Å²) in [6, 6.07) is 48.3. The van der Waals surface area contributed by atoms with Gasteiger partial charge in [0.2, 0.25) is 0 Å². The average Bonchev–Trinajstić information content (AvgIpc) is 3.51. The van der Waals surface area contributed by atoms with Gasteiger partial charge in [-0.05, 0) is 85.0 Å². The van der Waals surface area contributed by atoms with Gasteiger partial charge in [0, 0.05) is 27.5 Å². The Bertz CT molecular complexity index is 2780. The van der Waals surface area contributed by atoms with Gasteiger partial charge in [-0.15, -0.1) is 0 Å². The Morgan fingerprint density at radius 3 is 1.61 bits per heavy atom. The summed E-state index contributed by atoms with van der Waals surface area (Å²) in [6.45, 7) is 6.43. The predicted octanol–water partition coefficient (Wildman–Crippen LogP) is 12.5. The first-order chi connectivity index (χ1) is 26.3. The summed E-state index contributed by atoms with van der Waals surface area (Å²) < 4.78 is 33.1. The quantitative estimate of drug-likeness (QED) is 0.173. The summed E-state index contributed by atoms with van der Waals surface area (Å²) in [4.78, 5) is 15.1. The van der Waals surface area contributed by atoms with E-state index in [2.05, 4.69) is 67.8 Å². The third-order valence-corrected chi connectivity index (χ3v) is 10.1. The number of aryl methyl sites for hydroxylation is 3. The maximum absolute atomic E-state index is 15.4. The van der Waals surface area contributed by atoms with E-state index in [9.17, 15) is 0 Å². The summed E-state index contributed by atoms with van der Waals surface area (Å²) in [7, 11) is 0. The normalized spacial score (nSPS) is 11.4. The molecule has 9 rings (SSSR count). The molecule has 260 valence electrons. The molecule has 0 radical (unpaired) electrons. The van der Waals surface area contributed by atoms with Crippen molar-refractivity contribution in [1.29, 1.82) is 0 Å². The molecular weight excluding hydrogens is 671 g/mol. The second-order valence-electron chi connectivity index (χ2n) is 13.7. The molecule has 0 N–H and O–H groups in total. The molecule has 2 aromatic heterocycles.